The van der Waals surface area contributed by atoms with E-state index < -0.39 is 0 Å². The summed E-state index contributed by atoms with van der Waals surface area (Å²) in [6.07, 6.45) is 2.25. The van der Waals surface area contributed by atoms with Crippen molar-refractivity contribution < 1.29 is 13.9 Å². The first-order valence-corrected chi connectivity index (χ1v) is 9.52. The smallest absolute Gasteiger partial charge is 0.227 e. The monoisotopic (exact) mass is 348 g/mol. The minimum Gasteiger partial charge on any atom is -0.464 e. The van der Waals surface area contributed by atoms with Crippen LogP contribution in [-0.2, 0) is 9.53 Å². The fourth-order valence-electron chi connectivity index (χ4n) is 3.83. The molecule has 1 unspecified atom stereocenters. The van der Waals surface area contributed by atoms with Crippen molar-refractivity contribution in [1.82, 2.24) is 9.80 Å². The van der Waals surface area contributed by atoms with Crippen LogP contribution >= 0.6 is 0 Å². The predicted molar refractivity (Wildman–Crippen MR) is 97.3 cm³/mol. The Balaban J connectivity index is 1.48. The van der Waals surface area contributed by atoms with Crippen molar-refractivity contribution in [2.24, 2.45) is 11.3 Å². The number of piperidine rings is 1. The first-order chi connectivity index (χ1) is 11.8. The maximum atomic E-state index is 12.4. The van der Waals surface area contributed by atoms with Crippen LogP contribution in [0.4, 0.5) is 0 Å². The zero-order valence-corrected chi connectivity index (χ0v) is 16.1. The van der Waals surface area contributed by atoms with Gasteiger partial charge in [-0.1, -0.05) is 20.8 Å². The molecule has 2 fully saturated rings. The van der Waals surface area contributed by atoms with Gasteiger partial charge >= 0.3 is 0 Å². The van der Waals surface area contributed by atoms with E-state index in [1.807, 2.05) is 44.7 Å². The molecule has 5 nitrogen and oxygen atoms in total. The number of likely N-dealkylation sites (tertiary alicyclic amines) is 1. The first-order valence-electron chi connectivity index (χ1n) is 9.52. The van der Waals surface area contributed by atoms with Crippen molar-refractivity contribution in [2.75, 3.05) is 39.3 Å². The molecule has 1 aromatic heterocycles. The van der Waals surface area contributed by atoms with Crippen molar-refractivity contribution >= 4 is 5.91 Å². The Bertz CT molecular complexity index is 582. The Hall–Kier alpha value is -1.33. The number of hydrogen-bond acceptors (Lipinski definition) is 4. The molecule has 3 rings (SSSR count). The van der Waals surface area contributed by atoms with Gasteiger partial charge in [0.05, 0.1) is 6.61 Å². The molecule has 2 saturated heterocycles. The Morgan fingerprint density at radius 3 is 2.52 bits per heavy atom. The molecule has 140 valence electrons. The maximum Gasteiger partial charge on any atom is 0.227 e. The zero-order valence-electron chi connectivity index (χ0n) is 16.1. The fourth-order valence-corrected chi connectivity index (χ4v) is 3.83. The van der Waals surface area contributed by atoms with E-state index in [4.69, 9.17) is 9.15 Å². The highest BCUT2D eigenvalue weighted by atomic mass is 16.5. The first kappa shape index (κ1) is 18.5. The van der Waals surface area contributed by atoms with Crippen molar-refractivity contribution in [3.63, 3.8) is 0 Å². The van der Waals surface area contributed by atoms with Gasteiger partial charge in [0.2, 0.25) is 5.91 Å². The van der Waals surface area contributed by atoms with E-state index in [-0.39, 0.29) is 17.4 Å². The van der Waals surface area contributed by atoms with Gasteiger partial charge in [-0.2, -0.15) is 0 Å². The minimum atomic E-state index is -0.272. The molecule has 5 heteroatoms. The summed E-state index contributed by atoms with van der Waals surface area (Å²) in [7, 11) is 0. The summed E-state index contributed by atoms with van der Waals surface area (Å²) in [5.74, 6) is 2.83. The van der Waals surface area contributed by atoms with Crippen LogP contribution in [0, 0.1) is 18.3 Å². The Kier molecular flexibility index (Phi) is 5.54. The molecule has 1 atom stereocenters. The third-order valence-corrected chi connectivity index (χ3v) is 5.29. The summed E-state index contributed by atoms with van der Waals surface area (Å²) in [5.41, 5.74) is -0.272. The standard InChI is InChI=1S/C20H32N2O3/c1-15-5-6-17(25-15)18-14-21(11-12-24-18)13-16-7-9-22(10-8-16)19(23)20(2,3)4/h5-6,16,18H,7-14H2,1-4H3. The van der Waals surface area contributed by atoms with Gasteiger partial charge in [-0.3, -0.25) is 9.69 Å². The van der Waals surface area contributed by atoms with Gasteiger partial charge in [-0.25, -0.2) is 0 Å². The third kappa shape index (κ3) is 4.64. The predicted octanol–water partition coefficient (Wildman–Crippen LogP) is 3.25. The lowest BCUT2D eigenvalue weighted by atomic mass is 9.90. The second-order valence-electron chi connectivity index (χ2n) is 8.55. The summed E-state index contributed by atoms with van der Waals surface area (Å²) in [6, 6.07) is 4.03. The summed E-state index contributed by atoms with van der Waals surface area (Å²) >= 11 is 0. The molecule has 1 amide bonds. The van der Waals surface area contributed by atoms with E-state index in [0.717, 1.165) is 63.7 Å². The number of hydrogen-bond donors (Lipinski definition) is 0. The number of aryl methyl sites for hydroxylation is 1. The van der Waals surface area contributed by atoms with Crippen LogP contribution in [0.2, 0.25) is 0 Å². The lowest BCUT2D eigenvalue weighted by molar-refractivity contribution is -0.141. The number of carbonyl (C=O) groups is 1. The summed E-state index contributed by atoms with van der Waals surface area (Å²) in [4.78, 5) is 17.0. The van der Waals surface area contributed by atoms with Gasteiger partial charge in [-0.05, 0) is 37.8 Å². The van der Waals surface area contributed by atoms with Gasteiger partial charge in [0.15, 0.2) is 0 Å². The van der Waals surface area contributed by atoms with Crippen molar-refractivity contribution in [3.8, 4) is 0 Å². The molecule has 2 aliphatic heterocycles. The van der Waals surface area contributed by atoms with E-state index in [9.17, 15) is 4.79 Å². The number of furan rings is 1. The van der Waals surface area contributed by atoms with Crippen LogP contribution in [-0.4, -0.2) is 55.0 Å². The van der Waals surface area contributed by atoms with Crippen LogP contribution in [0.1, 0.15) is 51.2 Å². The molecular formula is C20H32N2O3. The van der Waals surface area contributed by atoms with E-state index in [1.165, 1.54) is 0 Å². The highest BCUT2D eigenvalue weighted by molar-refractivity contribution is 5.81. The molecule has 0 saturated carbocycles. The molecule has 0 N–H and O–H groups in total. The molecule has 0 bridgehead atoms. The summed E-state index contributed by atoms with van der Waals surface area (Å²) in [5, 5.41) is 0. The number of carbonyl (C=O) groups excluding carboxylic acids is 1. The summed E-state index contributed by atoms with van der Waals surface area (Å²) < 4.78 is 11.6. The SMILES string of the molecule is Cc1ccc(C2CN(CC3CCN(C(=O)C(C)(C)C)CC3)CCO2)o1. The second-order valence-corrected chi connectivity index (χ2v) is 8.55. The van der Waals surface area contributed by atoms with Crippen LogP contribution in [0.5, 0.6) is 0 Å². The van der Waals surface area contributed by atoms with E-state index in [0.29, 0.717) is 5.92 Å². The molecule has 0 aromatic carbocycles. The normalized spacial score (nSPS) is 23.8. The van der Waals surface area contributed by atoms with Gasteiger partial charge < -0.3 is 14.1 Å². The Morgan fingerprint density at radius 1 is 1.20 bits per heavy atom. The number of ether oxygens (including phenoxy) is 1. The average molecular weight is 348 g/mol. The zero-order chi connectivity index (χ0) is 18.0. The quantitative estimate of drug-likeness (QED) is 0.841. The largest absolute Gasteiger partial charge is 0.464 e. The number of nitrogens with zero attached hydrogens (tertiary/aromatic N) is 2. The number of morpholine rings is 1. The molecule has 3 heterocycles. The van der Waals surface area contributed by atoms with Crippen molar-refractivity contribution in [2.45, 2.75) is 46.6 Å². The number of amides is 1. The fraction of sp³-hybridized carbons (Fsp3) is 0.750. The van der Waals surface area contributed by atoms with Gasteiger partial charge in [0.1, 0.15) is 17.6 Å². The molecule has 2 aliphatic rings. The van der Waals surface area contributed by atoms with E-state index >= 15 is 0 Å². The molecule has 0 aliphatic carbocycles. The highest BCUT2D eigenvalue weighted by Crippen LogP contribution is 2.27. The van der Waals surface area contributed by atoms with E-state index in [2.05, 4.69) is 4.90 Å². The van der Waals surface area contributed by atoms with Crippen LogP contribution in [0.3, 0.4) is 0 Å². The maximum absolute atomic E-state index is 12.4. The van der Waals surface area contributed by atoms with Crippen LogP contribution in [0.15, 0.2) is 16.5 Å². The lowest BCUT2D eigenvalue weighted by Gasteiger charge is -2.39. The summed E-state index contributed by atoms with van der Waals surface area (Å²) in [6.45, 7) is 13.5. The molecule has 25 heavy (non-hydrogen) atoms. The minimum absolute atomic E-state index is 0.0463. The van der Waals surface area contributed by atoms with Crippen LogP contribution < -0.4 is 0 Å². The highest BCUT2D eigenvalue weighted by Gasteiger charge is 2.32. The average Bonchev–Trinajstić information content (AvgIpc) is 3.01. The second kappa shape index (κ2) is 7.50. The molecule has 0 radical (unpaired) electrons. The molecule has 1 aromatic rings. The molecule has 0 spiro atoms. The van der Waals surface area contributed by atoms with Gasteiger partial charge in [-0.15, -0.1) is 0 Å². The third-order valence-electron chi connectivity index (χ3n) is 5.29. The number of rotatable bonds is 3. The van der Waals surface area contributed by atoms with Crippen LogP contribution in [0.25, 0.3) is 0 Å². The van der Waals surface area contributed by atoms with Gasteiger partial charge in [0.25, 0.3) is 0 Å². The topological polar surface area (TPSA) is 45.9 Å². The van der Waals surface area contributed by atoms with E-state index in [1.54, 1.807) is 0 Å². The lowest BCUT2D eigenvalue weighted by Crippen LogP contribution is -2.47. The Labute approximate surface area is 151 Å². The Morgan fingerprint density at radius 2 is 1.92 bits per heavy atom. The molecular weight excluding hydrogens is 316 g/mol. The van der Waals surface area contributed by atoms with Gasteiger partial charge in [0, 0.05) is 38.1 Å². The van der Waals surface area contributed by atoms with Crippen molar-refractivity contribution in [3.05, 3.63) is 23.7 Å². The van der Waals surface area contributed by atoms with Crippen molar-refractivity contribution in [1.29, 1.82) is 0 Å².